The van der Waals surface area contributed by atoms with Crippen LogP contribution < -0.4 is 9.80 Å². The molecular weight excluding hydrogens is 188 g/mol. The monoisotopic (exact) mass is 206 g/mol. The summed E-state index contributed by atoms with van der Waals surface area (Å²) < 4.78 is 5.08. The fraction of sp³-hybridized carbons (Fsp3) is 0.500. The van der Waals surface area contributed by atoms with Gasteiger partial charge in [0.1, 0.15) is 0 Å². The standard InChI is InChI=1S/C12H18N2O/c1-13-10-14(8-5-9-15-2)12-7-4-3-6-11(12)13/h3-4,6-7H,5,8-10H2,1-2H3. The molecule has 15 heavy (non-hydrogen) atoms. The van der Waals surface area contributed by atoms with Gasteiger partial charge in [0.2, 0.25) is 0 Å². The zero-order chi connectivity index (χ0) is 10.7. The molecule has 2 rings (SSSR count). The van der Waals surface area contributed by atoms with Crippen molar-refractivity contribution in [2.24, 2.45) is 0 Å². The molecular formula is C12H18N2O. The predicted octanol–water partition coefficient (Wildman–Crippen LogP) is 1.94. The molecule has 0 fully saturated rings. The maximum Gasteiger partial charge on any atom is 0.0901 e. The van der Waals surface area contributed by atoms with Gasteiger partial charge >= 0.3 is 0 Å². The van der Waals surface area contributed by atoms with Crippen LogP contribution in [0.1, 0.15) is 6.42 Å². The molecule has 0 spiro atoms. The van der Waals surface area contributed by atoms with E-state index in [2.05, 4.69) is 41.1 Å². The molecule has 1 aliphatic heterocycles. The molecule has 0 saturated carbocycles. The van der Waals surface area contributed by atoms with Crippen LogP contribution in [0.4, 0.5) is 11.4 Å². The summed E-state index contributed by atoms with van der Waals surface area (Å²) in [7, 11) is 3.89. The highest BCUT2D eigenvalue weighted by Crippen LogP contribution is 2.34. The number of hydrogen-bond acceptors (Lipinski definition) is 3. The maximum atomic E-state index is 5.08. The Morgan fingerprint density at radius 2 is 2.00 bits per heavy atom. The molecule has 0 bridgehead atoms. The van der Waals surface area contributed by atoms with Gasteiger partial charge in [-0.3, -0.25) is 0 Å². The number of fused-ring (bicyclic) bond motifs is 1. The number of methoxy groups -OCH3 is 1. The van der Waals surface area contributed by atoms with E-state index in [1.165, 1.54) is 11.4 Å². The third-order valence-electron chi connectivity index (χ3n) is 2.79. The second kappa shape index (κ2) is 4.53. The molecule has 0 aromatic heterocycles. The van der Waals surface area contributed by atoms with Gasteiger partial charge in [-0.15, -0.1) is 0 Å². The SMILES string of the molecule is COCCCN1CN(C)c2ccccc21. The van der Waals surface area contributed by atoms with Crippen molar-refractivity contribution in [2.75, 3.05) is 43.8 Å². The summed E-state index contributed by atoms with van der Waals surface area (Å²) in [5.41, 5.74) is 2.67. The number of anilines is 2. The Labute approximate surface area is 91.2 Å². The molecule has 0 N–H and O–H groups in total. The lowest BCUT2D eigenvalue weighted by molar-refractivity contribution is 0.196. The molecule has 82 valence electrons. The smallest absolute Gasteiger partial charge is 0.0901 e. The van der Waals surface area contributed by atoms with Crippen LogP contribution in [0.25, 0.3) is 0 Å². The van der Waals surface area contributed by atoms with Gasteiger partial charge in [-0.05, 0) is 18.6 Å². The molecule has 1 heterocycles. The van der Waals surface area contributed by atoms with E-state index in [1.807, 2.05) is 0 Å². The van der Waals surface area contributed by atoms with Crippen molar-refractivity contribution in [1.82, 2.24) is 0 Å². The molecule has 0 radical (unpaired) electrons. The van der Waals surface area contributed by atoms with E-state index < -0.39 is 0 Å². The van der Waals surface area contributed by atoms with Crippen molar-refractivity contribution >= 4 is 11.4 Å². The lowest BCUT2D eigenvalue weighted by Gasteiger charge is -2.18. The van der Waals surface area contributed by atoms with Gasteiger partial charge in [-0.1, -0.05) is 12.1 Å². The van der Waals surface area contributed by atoms with Gasteiger partial charge in [-0.25, -0.2) is 0 Å². The average molecular weight is 206 g/mol. The zero-order valence-electron chi connectivity index (χ0n) is 9.44. The largest absolute Gasteiger partial charge is 0.385 e. The number of hydrogen-bond donors (Lipinski definition) is 0. The van der Waals surface area contributed by atoms with Crippen molar-refractivity contribution in [3.05, 3.63) is 24.3 Å². The van der Waals surface area contributed by atoms with Gasteiger partial charge in [0.25, 0.3) is 0 Å². The van der Waals surface area contributed by atoms with E-state index in [0.717, 1.165) is 26.2 Å². The number of para-hydroxylation sites is 2. The number of ether oxygens (including phenoxy) is 1. The Hall–Kier alpha value is -1.22. The Morgan fingerprint density at radius 1 is 1.27 bits per heavy atom. The van der Waals surface area contributed by atoms with Crippen LogP contribution in [0.5, 0.6) is 0 Å². The Kier molecular flexibility index (Phi) is 3.11. The average Bonchev–Trinajstić information content (AvgIpc) is 2.58. The molecule has 1 aliphatic rings. The predicted molar refractivity (Wildman–Crippen MR) is 63.6 cm³/mol. The van der Waals surface area contributed by atoms with Crippen LogP contribution in [-0.2, 0) is 4.74 Å². The van der Waals surface area contributed by atoms with E-state index in [9.17, 15) is 0 Å². The van der Waals surface area contributed by atoms with Crippen LogP contribution in [-0.4, -0.2) is 34.0 Å². The fourth-order valence-corrected chi connectivity index (χ4v) is 2.05. The molecule has 0 aliphatic carbocycles. The summed E-state index contributed by atoms with van der Waals surface area (Å²) in [6, 6.07) is 8.55. The zero-order valence-corrected chi connectivity index (χ0v) is 9.44. The molecule has 0 unspecified atom stereocenters. The highest BCUT2D eigenvalue weighted by molar-refractivity contribution is 5.75. The van der Waals surface area contributed by atoms with Gasteiger partial charge in [0.05, 0.1) is 18.0 Å². The molecule has 1 aromatic rings. The van der Waals surface area contributed by atoms with Crippen molar-refractivity contribution < 1.29 is 4.74 Å². The lowest BCUT2D eigenvalue weighted by atomic mass is 10.2. The van der Waals surface area contributed by atoms with Crippen molar-refractivity contribution in [3.8, 4) is 0 Å². The first-order chi connectivity index (χ1) is 7.33. The first-order valence-corrected chi connectivity index (χ1v) is 5.37. The third kappa shape index (κ3) is 2.07. The van der Waals surface area contributed by atoms with E-state index in [0.29, 0.717) is 0 Å². The Bertz CT molecular complexity index is 327. The minimum atomic E-state index is 0.836. The van der Waals surface area contributed by atoms with Crippen molar-refractivity contribution in [2.45, 2.75) is 6.42 Å². The number of rotatable bonds is 4. The minimum Gasteiger partial charge on any atom is -0.385 e. The summed E-state index contributed by atoms with van der Waals surface area (Å²) >= 11 is 0. The Morgan fingerprint density at radius 3 is 2.73 bits per heavy atom. The number of benzene rings is 1. The quantitative estimate of drug-likeness (QED) is 0.700. The lowest BCUT2D eigenvalue weighted by Crippen LogP contribution is -2.29. The summed E-state index contributed by atoms with van der Waals surface area (Å²) in [5.74, 6) is 0. The van der Waals surface area contributed by atoms with Crippen LogP contribution >= 0.6 is 0 Å². The van der Waals surface area contributed by atoms with Crippen molar-refractivity contribution in [1.29, 1.82) is 0 Å². The summed E-state index contributed by atoms with van der Waals surface area (Å²) in [4.78, 5) is 4.68. The topological polar surface area (TPSA) is 15.7 Å². The van der Waals surface area contributed by atoms with E-state index >= 15 is 0 Å². The Balaban J connectivity index is 2.04. The molecule has 0 atom stereocenters. The summed E-state index contributed by atoms with van der Waals surface area (Å²) in [6.07, 6.45) is 1.08. The normalized spacial score (nSPS) is 14.5. The fourth-order valence-electron chi connectivity index (χ4n) is 2.05. The van der Waals surface area contributed by atoms with E-state index in [-0.39, 0.29) is 0 Å². The van der Waals surface area contributed by atoms with Crippen molar-refractivity contribution in [3.63, 3.8) is 0 Å². The van der Waals surface area contributed by atoms with Gasteiger partial charge in [0, 0.05) is 27.3 Å². The van der Waals surface area contributed by atoms with Gasteiger partial charge < -0.3 is 14.5 Å². The molecule has 0 amide bonds. The minimum absolute atomic E-state index is 0.836. The van der Waals surface area contributed by atoms with Crippen LogP contribution in [0.15, 0.2) is 24.3 Å². The first kappa shape index (κ1) is 10.3. The van der Waals surface area contributed by atoms with Crippen LogP contribution in [0.3, 0.4) is 0 Å². The molecule has 3 nitrogen and oxygen atoms in total. The van der Waals surface area contributed by atoms with Gasteiger partial charge in [0.15, 0.2) is 0 Å². The highest BCUT2D eigenvalue weighted by Gasteiger charge is 2.21. The van der Waals surface area contributed by atoms with Crippen LogP contribution in [0, 0.1) is 0 Å². The number of nitrogens with zero attached hydrogens (tertiary/aromatic N) is 2. The summed E-state index contributed by atoms with van der Waals surface area (Å²) in [6.45, 7) is 2.89. The second-order valence-electron chi connectivity index (χ2n) is 3.94. The highest BCUT2D eigenvalue weighted by atomic mass is 16.5. The van der Waals surface area contributed by atoms with Crippen LogP contribution in [0.2, 0.25) is 0 Å². The third-order valence-corrected chi connectivity index (χ3v) is 2.79. The maximum absolute atomic E-state index is 5.08. The first-order valence-electron chi connectivity index (χ1n) is 5.37. The second-order valence-corrected chi connectivity index (χ2v) is 3.94. The molecule has 0 saturated heterocycles. The van der Waals surface area contributed by atoms with Gasteiger partial charge in [-0.2, -0.15) is 0 Å². The molecule has 3 heteroatoms. The summed E-state index contributed by atoms with van der Waals surface area (Å²) in [5, 5.41) is 0. The molecule has 1 aromatic carbocycles. The van der Waals surface area contributed by atoms with E-state index in [4.69, 9.17) is 4.74 Å². The van der Waals surface area contributed by atoms with E-state index in [1.54, 1.807) is 7.11 Å².